The molecular weight excluding hydrogens is 1410 g/mol. The van der Waals surface area contributed by atoms with Crippen LogP contribution in [-0.4, -0.2) is 142 Å². The van der Waals surface area contributed by atoms with Crippen molar-refractivity contribution in [1.82, 2.24) is 37.9 Å². The molecule has 0 fully saturated rings. The summed E-state index contributed by atoms with van der Waals surface area (Å²) in [6.45, 7) is 13.8. The molecule has 0 saturated heterocycles. The maximum atomic E-state index is 13.1. The Bertz CT molecular complexity index is 4530. The number of methoxy groups -OCH3 is 3. The molecule has 3 aromatic carbocycles. The number of aryl methyl sites for hydroxylation is 6. The van der Waals surface area contributed by atoms with Crippen molar-refractivity contribution in [2.24, 2.45) is 21.7 Å². The molecular formula is C73H89Cl3F3N15O8S. The molecule has 9 aromatic rings. The van der Waals surface area contributed by atoms with E-state index in [2.05, 4.69) is 66.7 Å². The van der Waals surface area contributed by atoms with Gasteiger partial charge in [-0.1, -0.05) is 113 Å². The van der Waals surface area contributed by atoms with Gasteiger partial charge in [0, 0.05) is 91.5 Å². The molecule has 8 heterocycles. The van der Waals surface area contributed by atoms with Gasteiger partial charge in [0.1, 0.15) is 45.7 Å². The molecule has 0 spiro atoms. The zero-order valence-corrected chi connectivity index (χ0v) is 62.4. The number of nitrogens with one attached hydrogen (secondary N) is 1. The first-order valence-electron chi connectivity index (χ1n) is 34.1. The number of alkyl halides is 3. The molecule has 0 radical (unpaired) electrons. The number of nitrogens with zero attached hydrogens (tertiary/aromatic N) is 12. The van der Waals surface area contributed by atoms with E-state index in [4.69, 9.17) is 60.6 Å². The van der Waals surface area contributed by atoms with E-state index in [-0.39, 0.29) is 49.1 Å². The number of imidazole rings is 3. The number of halogens is 6. The summed E-state index contributed by atoms with van der Waals surface area (Å²) in [5, 5.41) is 11.0. The average molecular weight is 1500 g/mol. The van der Waals surface area contributed by atoms with Gasteiger partial charge in [-0.3, -0.25) is 48.0 Å². The Morgan fingerprint density at radius 2 is 0.971 bits per heavy atom. The number of nitrogens with two attached hydrogens (primary N) is 2. The number of benzene rings is 3. The lowest BCUT2D eigenvalue weighted by molar-refractivity contribution is -0.352. The van der Waals surface area contributed by atoms with E-state index in [1.165, 1.54) is 5.01 Å². The highest BCUT2D eigenvalue weighted by molar-refractivity contribution is 7.90. The van der Waals surface area contributed by atoms with Crippen LogP contribution in [-0.2, 0) is 62.8 Å². The van der Waals surface area contributed by atoms with E-state index in [0.29, 0.717) is 124 Å². The van der Waals surface area contributed by atoms with E-state index in [9.17, 15) is 36.0 Å². The van der Waals surface area contributed by atoms with Crippen molar-refractivity contribution in [2.75, 3.05) is 75.6 Å². The zero-order valence-electron chi connectivity index (χ0n) is 59.3. The predicted molar refractivity (Wildman–Crippen MR) is 400 cm³/mol. The van der Waals surface area contributed by atoms with Crippen molar-refractivity contribution in [1.29, 1.82) is 0 Å². The number of ketones is 3. The second-order valence-electron chi connectivity index (χ2n) is 23.9. The van der Waals surface area contributed by atoms with Gasteiger partial charge in [0.2, 0.25) is 0 Å². The van der Waals surface area contributed by atoms with Crippen LogP contribution in [0.5, 0.6) is 0 Å². The molecule has 2 aliphatic rings. The van der Waals surface area contributed by atoms with Gasteiger partial charge < -0.3 is 25.0 Å². The summed E-state index contributed by atoms with van der Waals surface area (Å²) in [4.78, 5) is 57.1. The quantitative estimate of drug-likeness (QED) is 0.0187. The number of pyridine rings is 3. The van der Waals surface area contributed by atoms with E-state index in [0.717, 1.165) is 76.1 Å². The second-order valence-corrected chi connectivity index (χ2v) is 27.0. The fourth-order valence-corrected chi connectivity index (χ4v) is 13.2. The lowest BCUT2D eigenvalue weighted by Gasteiger charge is -2.34. The van der Waals surface area contributed by atoms with Crippen LogP contribution in [0.4, 0.5) is 30.2 Å². The van der Waals surface area contributed by atoms with Gasteiger partial charge in [-0.15, -0.1) is 0 Å². The number of Topliss-reactive ketones (excluding diaryl/α,β-unsaturated/α-hetero) is 3. The minimum atomic E-state index is -5.50. The Labute approximate surface area is 613 Å². The third-order valence-electron chi connectivity index (χ3n) is 17.3. The molecule has 0 bridgehead atoms. The lowest BCUT2D eigenvalue weighted by Crippen LogP contribution is -2.50. The van der Waals surface area contributed by atoms with E-state index in [1.807, 2.05) is 80.6 Å². The molecule has 23 nitrogen and oxygen atoms in total. The Balaban J connectivity index is 0.000000186. The normalized spacial score (nSPS) is 13.3. The van der Waals surface area contributed by atoms with Crippen molar-refractivity contribution >= 4 is 108 Å². The molecule has 103 heavy (non-hydrogen) atoms. The van der Waals surface area contributed by atoms with Crippen molar-refractivity contribution in [3.8, 4) is 0 Å². The van der Waals surface area contributed by atoms with Crippen LogP contribution in [0.2, 0.25) is 15.1 Å². The van der Waals surface area contributed by atoms with Gasteiger partial charge in [0.25, 0.3) is 5.97 Å². The third kappa shape index (κ3) is 19.9. The largest absolute Gasteiger partial charge is 0.516 e. The minimum Gasteiger partial charge on any atom is -0.331 e. The molecule has 0 unspecified atom stereocenters. The molecule has 11 rings (SSSR count). The second kappa shape index (κ2) is 36.8. The first kappa shape index (κ1) is 80.2. The molecule has 2 aliphatic heterocycles. The molecule has 30 heteroatoms. The number of amidine groups is 2. The maximum Gasteiger partial charge on any atom is 0.516 e. The summed E-state index contributed by atoms with van der Waals surface area (Å²) in [6.07, 6.45) is 11.7. The van der Waals surface area contributed by atoms with Gasteiger partial charge in [-0.05, 0) is 128 Å². The van der Waals surface area contributed by atoms with Crippen LogP contribution < -0.4 is 32.0 Å². The van der Waals surface area contributed by atoms with E-state index in [1.54, 1.807) is 97.1 Å². The SMILES string of the molecule is CCC(OC)(OC)OC.CCC1=NCCN(c2ccc(CCC(=O)c3c(CC)nc4ccc(Cl)cn34)cc2)N1.CCC1=NN(c2ccc(CCC(=O)c3c(CC)nc4ccc(Cl)cn34)cc2)CCN1S(=O)(=O)C(F)(F)F.CCc1nc2ccc(Cl)cn2c1C(=O)CCc1ccc(N(N)CCN)cc1. The maximum absolute atomic E-state index is 13.1. The highest BCUT2D eigenvalue weighted by Crippen LogP contribution is 2.31. The number of rotatable bonds is 27. The van der Waals surface area contributed by atoms with Crippen LogP contribution >= 0.6 is 34.8 Å². The summed E-state index contributed by atoms with van der Waals surface area (Å²) < 4.78 is 83.3. The van der Waals surface area contributed by atoms with Crippen LogP contribution in [0.3, 0.4) is 0 Å². The highest BCUT2D eigenvalue weighted by atomic mass is 35.5. The average Bonchev–Trinajstić information content (AvgIpc) is 1.38. The Hall–Kier alpha value is -8.51. The number of aliphatic imine (C=N–C) groups is 1. The number of hydrazine groups is 2. The molecule has 0 aliphatic carbocycles. The van der Waals surface area contributed by atoms with Crippen LogP contribution in [0.15, 0.2) is 138 Å². The minimum absolute atomic E-state index is 0.0141. The molecule has 552 valence electrons. The number of carbonyl (C=O) groups excluding carboxylic acids is 3. The standard InChI is InChI=1S/C24H25ClF3N5O3S.C23H26ClN5O.C20H24ClN5O.C6H14O3/c1-3-19-23(31-15-17(25)8-12-22(31)29-19)20(34)11-7-16-5-9-18(10-6-16)32-13-14-33(21(4-2)30-32)37(35,36)24(26,27)28;1-3-19-23(28-15-17(24)8-12-22(28)26-19)20(30)11-7-16-5-9-18(10-6-16)29-14-13-25-21(4-2)27-29;1-2-17-20(25-13-15(21)6-10-19(25)24-17)18(27)9-5-14-3-7-16(8-4-14)26(23)12-11-22;1-5-6(7-2,8-3)9-4/h5-6,8-10,12,15H,3-4,7,11,13-14H2,1-2H3;5-6,8-10,12,15H,3-4,7,11,13-14H2,1-2H3,(H,25,27);3-4,6-8,10,13H,2,5,9,11-12,22-23H2,1H3;5H2,1-4H3. The van der Waals surface area contributed by atoms with Crippen molar-refractivity contribution in [3.63, 3.8) is 0 Å². The van der Waals surface area contributed by atoms with Crippen molar-refractivity contribution in [3.05, 3.63) is 194 Å². The monoisotopic (exact) mass is 1500 g/mol. The highest BCUT2D eigenvalue weighted by Gasteiger charge is 2.51. The summed E-state index contributed by atoms with van der Waals surface area (Å²) >= 11 is 18.4. The summed E-state index contributed by atoms with van der Waals surface area (Å²) in [5.41, 5.74) is 15.5. The number of anilines is 3. The van der Waals surface area contributed by atoms with E-state index < -0.39 is 21.5 Å². The van der Waals surface area contributed by atoms with Gasteiger partial charge in [-0.2, -0.15) is 26.7 Å². The molecule has 6 aromatic heterocycles. The summed E-state index contributed by atoms with van der Waals surface area (Å²) in [7, 11) is -0.842. The lowest BCUT2D eigenvalue weighted by atomic mass is 10.0. The van der Waals surface area contributed by atoms with Gasteiger partial charge in [0.15, 0.2) is 17.3 Å². The number of hydrazone groups is 1. The molecule has 5 N–H and O–H groups in total. The predicted octanol–water partition coefficient (Wildman–Crippen LogP) is 13.6. The Morgan fingerprint density at radius 1 is 0.563 bits per heavy atom. The number of fused-ring (bicyclic) bond motifs is 3. The molecule has 0 amide bonds. The fraction of sp³-hybridized carbons (Fsp3) is 0.397. The van der Waals surface area contributed by atoms with Crippen LogP contribution in [0, 0.1) is 0 Å². The smallest absolute Gasteiger partial charge is 0.331 e. The fourth-order valence-electron chi connectivity index (χ4n) is 11.7. The summed E-state index contributed by atoms with van der Waals surface area (Å²) in [6, 6.07) is 34.1. The number of aromatic nitrogens is 6. The zero-order chi connectivity index (χ0) is 74.8. The Morgan fingerprint density at radius 3 is 1.32 bits per heavy atom. The first-order valence-corrected chi connectivity index (χ1v) is 36.6. The van der Waals surface area contributed by atoms with E-state index >= 15 is 0 Å². The summed E-state index contributed by atoms with van der Waals surface area (Å²) in [5.74, 6) is 6.01. The number of ether oxygens (including phenoxy) is 3. The van der Waals surface area contributed by atoms with Crippen molar-refractivity contribution < 1.29 is 50.2 Å². The number of hydrogen-bond donors (Lipinski definition) is 3. The van der Waals surface area contributed by atoms with Gasteiger partial charge in [0.05, 0.1) is 75.4 Å². The number of carbonyl (C=O) groups is 3. The third-order valence-corrected chi connectivity index (χ3v) is 19.6. The van der Waals surface area contributed by atoms with Gasteiger partial charge >= 0.3 is 15.5 Å². The van der Waals surface area contributed by atoms with Crippen LogP contribution in [0.25, 0.3) is 16.9 Å². The topological polar surface area (TPSA) is 267 Å². The van der Waals surface area contributed by atoms with Crippen LogP contribution in [0.1, 0.15) is 145 Å². The molecule has 0 saturated carbocycles. The van der Waals surface area contributed by atoms with Gasteiger partial charge in [-0.25, -0.2) is 25.1 Å². The number of hydrogen-bond acceptors (Lipinski definition) is 19. The number of sulfonamides is 1. The molecule has 0 atom stereocenters. The Kier molecular flexibility index (Phi) is 28.6. The van der Waals surface area contributed by atoms with Crippen molar-refractivity contribution in [2.45, 2.75) is 130 Å². The first-order chi connectivity index (χ1) is 49.3.